The largest absolute Gasteiger partial charge is 0.388 e. The first-order valence-electron chi connectivity index (χ1n) is 11.6. The van der Waals surface area contributed by atoms with Crippen LogP contribution in [0.4, 0.5) is 17.1 Å². The van der Waals surface area contributed by atoms with E-state index in [4.69, 9.17) is 34.2 Å². The second kappa shape index (κ2) is 13.8. The molecular formula is C21H32N4O12. The van der Waals surface area contributed by atoms with Crippen LogP contribution < -0.4 is 11.1 Å². The van der Waals surface area contributed by atoms with Gasteiger partial charge in [-0.2, -0.15) is 0 Å². The van der Waals surface area contributed by atoms with Gasteiger partial charge in [-0.25, -0.2) is 0 Å². The molecule has 5 atom stereocenters. The fourth-order valence-electron chi connectivity index (χ4n) is 3.81. The Labute approximate surface area is 211 Å². The summed E-state index contributed by atoms with van der Waals surface area (Å²) in [5, 5.41) is 45.0. The van der Waals surface area contributed by atoms with E-state index in [0.717, 1.165) is 6.07 Å². The molecule has 0 saturated carbocycles. The summed E-state index contributed by atoms with van der Waals surface area (Å²) >= 11 is 0. The third-order valence-electron chi connectivity index (χ3n) is 5.83. The molecule has 0 aliphatic carbocycles. The topological polar surface area (TPSA) is 220 Å². The summed E-state index contributed by atoms with van der Waals surface area (Å²) in [7, 11) is 0. The Morgan fingerprint density at radius 3 is 2.24 bits per heavy atom. The maximum Gasteiger partial charge on any atom is 0.299 e. The highest BCUT2D eigenvalue weighted by molar-refractivity contribution is 5.65. The Hall–Kier alpha value is -2.54. The van der Waals surface area contributed by atoms with Gasteiger partial charge in [-0.05, 0) is 6.07 Å². The summed E-state index contributed by atoms with van der Waals surface area (Å²) in [4.78, 5) is 20.5. The molecule has 0 spiro atoms. The Morgan fingerprint density at radius 2 is 1.62 bits per heavy atom. The van der Waals surface area contributed by atoms with Gasteiger partial charge in [0.1, 0.15) is 23.5 Å². The third-order valence-corrected chi connectivity index (χ3v) is 5.83. The van der Waals surface area contributed by atoms with Crippen LogP contribution in [0.1, 0.15) is 0 Å². The first-order valence-corrected chi connectivity index (χ1v) is 11.6. The van der Waals surface area contributed by atoms with Crippen LogP contribution in [-0.4, -0.2) is 116 Å². The number of hydrogen-bond acceptors (Lipinski definition) is 14. The van der Waals surface area contributed by atoms with E-state index in [-0.39, 0.29) is 50.0 Å². The number of nitrogens with one attached hydrogen (secondary N) is 1. The van der Waals surface area contributed by atoms with Crippen LogP contribution in [0.3, 0.4) is 0 Å². The van der Waals surface area contributed by atoms with Gasteiger partial charge in [-0.1, -0.05) is 0 Å². The van der Waals surface area contributed by atoms with E-state index in [2.05, 4.69) is 5.32 Å². The quantitative estimate of drug-likeness (QED) is 0.109. The zero-order chi connectivity index (χ0) is 26.8. The number of aliphatic hydroxyl groups is 2. The summed E-state index contributed by atoms with van der Waals surface area (Å²) in [5.41, 5.74) is 4.03. The molecule has 2 saturated heterocycles. The average molecular weight is 533 g/mol. The molecule has 16 nitrogen and oxygen atoms in total. The van der Waals surface area contributed by atoms with E-state index in [0.29, 0.717) is 33.0 Å². The molecule has 2 bridgehead atoms. The number of hydrogen-bond donors (Lipinski definition) is 4. The summed E-state index contributed by atoms with van der Waals surface area (Å²) in [5.74, 6) is 0. The first-order chi connectivity index (χ1) is 17.7. The minimum atomic E-state index is -1.21. The number of aliphatic hydroxyl groups excluding tert-OH is 2. The fraction of sp³-hybridized carbons (Fsp3) is 0.714. The lowest BCUT2D eigenvalue weighted by atomic mass is 9.89. The zero-order valence-electron chi connectivity index (χ0n) is 20.1. The average Bonchev–Trinajstić information content (AvgIpc) is 3.29. The van der Waals surface area contributed by atoms with E-state index in [1.807, 2.05) is 0 Å². The summed E-state index contributed by atoms with van der Waals surface area (Å²) in [6, 6.07) is 2.56. The number of non-ortho nitro benzene ring substituents is 1. The highest BCUT2D eigenvalue weighted by atomic mass is 16.8. The second-order valence-corrected chi connectivity index (χ2v) is 8.41. The van der Waals surface area contributed by atoms with Crippen molar-refractivity contribution >= 4 is 17.1 Å². The lowest BCUT2D eigenvalue weighted by Gasteiger charge is -2.41. The third kappa shape index (κ3) is 7.73. The van der Waals surface area contributed by atoms with Crippen LogP contribution in [0.15, 0.2) is 18.2 Å². The van der Waals surface area contributed by atoms with Crippen molar-refractivity contribution in [2.45, 2.75) is 30.1 Å². The summed E-state index contributed by atoms with van der Waals surface area (Å²) < 4.78 is 32.7. The molecule has 2 heterocycles. The van der Waals surface area contributed by atoms with Crippen molar-refractivity contribution < 1.29 is 48.5 Å². The Morgan fingerprint density at radius 1 is 1.00 bits per heavy atom. The highest BCUT2D eigenvalue weighted by Crippen LogP contribution is 2.36. The molecule has 0 radical (unpaired) electrons. The number of nitrogens with two attached hydrogens (primary N) is 1. The lowest BCUT2D eigenvalue weighted by molar-refractivity contribution is -0.393. The maximum absolute atomic E-state index is 11.1. The smallest absolute Gasteiger partial charge is 0.299 e. The molecule has 0 unspecified atom stereocenters. The van der Waals surface area contributed by atoms with Crippen LogP contribution in [0, 0.1) is 20.2 Å². The van der Waals surface area contributed by atoms with Gasteiger partial charge in [-0.3, -0.25) is 20.2 Å². The number of anilines is 1. The predicted octanol–water partition coefficient (Wildman–Crippen LogP) is -0.844. The van der Waals surface area contributed by atoms with Crippen molar-refractivity contribution in [3.8, 4) is 0 Å². The number of nitro benzene ring substituents is 2. The van der Waals surface area contributed by atoms with E-state index in [1.165, 1.54) is 12.1 Å². The fourth-order valence-corrected chi connectivity index (χ4v) is 3.81. The Balaban J connectivity index is 1.16. The molecule has 2 fully saturated rings. The minimum absolute atomic E-state index is 0.0258. The van der Waals surface area contributed by atoms with E-state index < -0.39 is 40.0 Å². The van der Waals surface area contributed by atoms with E-state index in [1.54, 1.807) is 0 Å². The molecular weight excluding hydrogens is 500 g/mol. The predicted molar refractivity (Wildman–Crippen MR) is 125 cm³/mol. The number of nitro groups is 2. The first kappa shape index (κ1) is 29.0. The van der Waals surface area contributed by atoms with Gasteiger partial charge < -0.3 is 49.7 Å². The van der Waals surface area contributed by atoms with Gasteiger partial charge in [0.15, 0.2) is 6.29 Å². The maximum atomic E-state index is 11.1. The van der Waals surface area contributed by atoms with Crippen molar-refractivity contribution in [3.05, 3.63) is 38.4 Å². The molecule has 2 aliphatic heterocycles. The number of ether oxygens (including phenoxy) is 6. The van der Waals surface area contributed by atoms with E-state index in [9.17, 15) is 30.4 Å². The molecule has 0 aromatic heterocycles. The van der Waals surface area contributed by atoms with Gasteiger partial charge in [0, 0.05) is 12.6 Å². The molecule has 37 heavy (non-hydrogen) atoms. The molecule has 3 rings (SSSR count). The molecule has 16 heteroatoms. The van der Waals surface area contributed by atoms with Gasteiger partial charge in [-0.15, -0.1) is 0 Å². The molecule has 1 aromatic carbocycles. The molecule has 0 amide bonds. The molecule has 2 aliphatic rings. The lowest BCUT2D eigenvalue weighted by Crippen LogP contribution is -2.65. The van der Waals surface area contributed by atoms with Crippen LogP contribution in [0.25, 0.3) is 0 Å². The van der Waals surface area contributed by atoms with Gasteiger partial charge >= 0.3 is 0 Å². The van der Waals surface area contributed by atoms with Gasteiger partial charge in [0.2, 0.25) is 0 Å². The van der Waals surface area contributed by atoms with Gasteiger partial charge in [0.25, 0.3) is 11.4 Å². The molecule has 208 valence electrons. The minimum Gasteiger partial charge on any atom is -0.388 e. The van der Waals surface area contributed by atoms with Crippen molar-refractivity contribution in [2.24, 2.45) is 5.73 Å². The van der Waals surface area contributed by atoms with Crippen molar-refractivity contribution in [1.29, 1.82) is 0 Å². The van der Waals surface area contributed by atoms with Crippen LogP contribution >= 0.6 is 0 Å². The van der Waals surface area contributed by atoms with Crippen molar-refractivity contribution in [2.75, 3.05) is 71.3 Å². The Bertz CT molecular complexity index is 908. The normalized spacial score (nSPS) is 26.8. The van der Waals surface area contributed by atoms with Crippen molar-refractivity contribution in [1.82, 2.24) is 0 Å². The zero-order valence-corrected chi connectivity index (χ0v) is 20.1. The summed E-state index contributed by atoms with van der Waals surface area (Å²) in [6.45, 7) is 2.44. The molecule has 1 aromatic rings. The number of benzene rings is 1. The second-order valence-electron chi connectivity index (χ2n) is 8.41. The monoisotopic (exact) mass is 532 g/mol. The van der Waals surface area contributed by atoms with Gasteiger partial charge in [0.05, 0.1) is 81.4 Å². The number of rotatable bonds is 17. The molecule has 5 N–H and O–H groups in total. The summed E-state index contributed by atoms with van der Waals surface area (Å²) in [6.07, 6.45) is -3.14. The van der Waals surface area contributed by atoms with Crippen LogP contribution in [0.2, 0.25) is 0 Å². The number of nitrogens with zero attached hydrogens (tertiary/aromatic N) is 2. The SMILES string of the molecule is N[C@H]1[C@H]2OC[C@](COCCOCCOCCOCCNc3ccc([N+](=O)[O-])cc3[N+](=O)[O-])(O2)[C@H](O)[C@@H]1O. The Kier molecular flexibility index (Phi) is 10.9. The highest BCUT2D eigenvalue weighted by Gasteiger charge is 2.58. The van der Waals surface area contributed by atoms with E-state index >= 15 is 0 Å². The van der Waals surface area contributed by atoms with Crippen LogP contribution in [0.5, 0.6) is 0 Å². The number of fused-ring (bicyclic) bond motifs is 2. The standard InChI is InChI=1S/C21H32N4O12/c22-17-18(26)19(27)21(13-36-20(17)37-21)12-35-10-9-34-8-7-33-6-5-32-4-3-23-15-2-1-14(24(28)29)11-16(15)25(30)31/h1-2,11,17-20,23,26-27H,3-10,12-13,22H2/t17-,18-,19-,20+,21+/m1/s1. The van der Waals surface area contributed by atoms with Crippen molar-refractivity contribution in [3.63, 3.8) is 0 Å². The van der Waals surface area contributed by atoms with Crippen LogP contribution in [-0.2, 0) is 28.4 Å².